The largest absolute Gasteiger partial charge is 0.361 e. The third-order valence-electron chi connectivity index (χ3n) is 2.40. The van der Waals surface area contributed by atoms with Gasteiger partial charge in [-0.05, 0) is 24.1 Å². The standard InChI is InChI=1S/C11H15N3O5S/c1-14(19-20(17)18)9-4-2-8(3-5-9)6-7-13-11(16)10(12)15/h2-5H,6-7H2,1H3,(H2,12,15)(H,13,16)(H,17,18). The molecule has 0 aliphatic carbocycles. The zero-order valence-corrected chi connectivity index (χ0v) is 11.6. The minimum absolute atomic E-state index is 0.286. The highest BCUT2D eigenvalue weighted by atomic mass is 32.2. The number of primary amides is 1. The molecule has 0 radical (unpaired) electrons. The van der Waals surface area contributed by atoms with Gasteiger partial charge in [0.1, 0.15) is 0 Å². The first-order chi connectivity index (χ1) is 9.40. The maximum Gasteiger partial charge on any atom is 0.325 e. The number of carbonyl (C=O) groups excluding carboxylic acids is 2. The van der Waals surface area contributed by atoms with Crippen molar-refractivity contribution in [3.8, 4) is 0 Å². The Labute approximate surface area is 118 Å². The molecular formula is C11H15N3O5S. The van der Waals surface area contributed by atoms with E-state index in [4.69, 9.17) is 10.3 Å². The van der Waals surface area contributed by atoms with Gasteiger partial charge >= 0.3 is 23.2 Å². The number of nitrogens with one attached hydrogen (secondary N) is 1. The first-order valence-corrected chi connectivity index (χ1v) is 6.63. The van der Waals surface area contributed by atoms with Gasteiger partial charge in [-0.1, -0.05) is 12.1 Å². The van der Waals surface area contributed by atoms with Gasteiger partial charge in [0, 0.05) is 13.6 Å². The SMILES string of the molecule is CN(OS(=O)O)c1ccc(CCNC(=O)C(N)=O)cc1. The number of hydroxylamine groups is 1. The molecule has 1 rings (SSSR count). The van der Waals surface area contributed by atoms with Crippen molar-refractivity contribution in [3.63, 3.8) is 0 Å². The van der Waals surface area contributed by atoms with E-state index in [9.17, 15) is 13.8 Å². The Morgan fingerprint density at radius 1 is 1.40 bits per heavy atom. The van der Waals surface area contributed by atoms with Crippen LogP contribution in [0.4, 0.5) is 5.69 Å². The fraction of sp³-hybridized carbons (Fsp3) is 0.273. The Hall–Kier alpha value is -1.97. The van der Waals surface area contributed by atoms with Crippen LogP contribution in [0.2, 0.25) is 0 Å². The molecule has 8 nitrogen and oxygen atoms in total. The third-order valence-corrected chi connectivity index (χ3v) is 2.75. The van der Waals surface area contributed by atoms with Crippen molar-refractivity contribution in [1.82, 2.24) is 5.32 Å². The Balaban J connectivity index is 2.48. The van der Waals surface area contributed by atoms with E-state index in [2.05, 4.69) is 9.60 Å². The Kier molecular flexibility index (Phi) is 6.10. The molecule has 1 aromatic carbocycles. The maximum absolute atomic E-state index is 10.9. The molecule has 1 atom stereocenters. The number of nitrogens with two attached hydrogens (primary N) is 1. The molecule has 0 bridgehead atoms. The molecule has 9 heteroatoms. The van der Waals surface area contributed by atoms with Crippen LogP contribution >= 0.6 is 0 Å². The molecule has 110 valence electrons. The van der Waals surface area contributed by atoms with Crippen LogP contribution in [0.3, 0.4) is 0 Å². The van der Waals surface area contributed by atoms with Gasteiger partial charge in [0.25, 0.3) is 0 Å². The van der Waals surface area contributed by atoms with Crippen LogP contribution in [0.5, 0.6) is 0 Å². The van der Waals surface area contributed by atoms with Crippen LogP contribution in [0.15, 0.2) is 24.3 Å². The van der Waals surface area contributed by atoms with Gasteiger partial charge in [0.2, 0.25) is 0 Å². The van der Waals surface area contributed by atoms with Crippen molar-refractivity contribution in [2.45, 2.75) is 6.42 Å². The highest BCUT2D eigenvalue weighted by Crippen LogP contribution is 2.14. The number of anilines is 1. The zero-order chi connectivity index (χ0) is 15.1. The minimum Gasteiger partial charge on any atom is -0.361 e. The second kappa shape index (κ2) is 7.58. The summed E-state index contributed by atoms with van der Waals surface area (Å²) in [6.07, 6.45) is 0.524. The highest BCUT2D eigenvalue weighted by molar-refractivity contribution is 7.74. The van der Waals surface area contributed by atoms with Crippen LogP contribution < -0.4 is 16.1 Å². The number of benzene rings is 1. The number of hydrogen-bond donors (Lipinski definition) is 3. The third kappa shape index (κ3) is 5.34. The normalized spacial score (nSPS) is 11.7. The average Bonchev–Trinajstić information content (AvgIpc) is 2.38. The lowest BCUT2D eigenvalue weighted by Gasteiger charge is -2.15. The molecule has 0 saturated heterocycles. The molecule has 0 aromatic heterocycles. The van der Waals surface area contributed by atoms with E-state index in [1.165, 1.54) is 7.05 Å². The van der Waals surface area contributed by atoms with Crippen LogP contribution in [0.1, 0.15) is 5.56 Å². The van der Waals surface area contributed by atoms with Crippen molar-refractivity contribution >= 4 is 28.9 Å². The molecule has 0 saturated carbocycles. The molecule has 20 heavy (non-hydrogen) atoms. The van der Waals surface area contributed by atoms with Crippen LogP contribution in [-0.2, 0) is 31.7 Å². The maximum atomic E-state index is 10.9. The van der Waals surface area contributed by atoms with E-state index in [1.54, 1.807) is 24.3 Å². The van der Waals surface area contributed by atoms with E-state index in [0.717, 1.165) is 10.6 Å². The molecule has 0 heterocycles. The van der Waals surface area contributed by atoms with Gasteiger partial charge in [-0.15, -0.1) is 4.28 Å². The zero-order valence-electron chi connectivity index (χ0n) is 10.7. The minimum atomic E-state index is -2.38. The van der Waals surface area contributed by atoms with Crippen LogP contribution in [0, 0.1) is 0 Å². The van der Waals surface area contributed by atoms with Crippen molar-refractivity contribution in [2.24, 2.45) is 5.73 Å². The predicted octanol–water partition coefficient (Wildman–Crippen LogP) is -0.665. The van der Waals surface area contributed by atoms with Crippen LogP contribution in [0.25, 0.3) is 0 Å². The summed E-state index contributed by atoms with van der Waals surface area (Å²) in [5, 5.41) is 3.53. The summed E-state index contributed by atoms with van der Waals surface area (Å²) < 4.78 is 23.6. The van der Waals surface area contributed by atoms with E-state index >= 15 is 0 Å². The van der Waals surface area contributed by atoms with E-state index in [1.807, 2.05) is 0 Å². The Morgan fingerprint density at radius 2 is 2.00 bits per heavy atom. The van der Waals surface area contributed by atoms with E-state index < -0.39 is 23.2 Å². The molecular weight excluding hydrogens is 286 g/mol. The van der Waals surface area contributed by atoms with Crippen LogP contribution in [-0.4, -0.2) is 34.2 Å². The second-order valence-corrected chi connectivity index (χ2v) is 4.41. The summed E-state index contributed by atoms with van der Waals surface area (Å²) in [5.41, 5.74) is 6.30. The summed E-state index contributed by atoms with van der Waals surface area (Å²) in [5.74, 6) is -1.84. The summed E-state index contributed by atoms with van der Waals surface area (Å²) in [4.78, 5) is 21.4. The molecule has 2 amide bonds. The summed E-state index contributed by atoms with van der Waals surface area (Å²) >= 11 is -2.38. The number of hydrogen-bond acceptors (Lipinski definition) is 5. The van der Waals surface area contributed by atoms with Gasteiger partial charge in [-0.25, -0.2) is 5.06 Å². The first-order valence-electron chi connectivity index (χ1n) is 5.59. The molecule has 0 fully saturated rings. The second-order valence-electron chi connectivity index (χ2n) is 3.83. The van der Waals surface area contributed by atoms with Gasteiger partial charge in [0.05, 0.1) is 5.69 Å². The Morgan fingerprint density at radius 3 is 2.50 bits per heavy atom. The fourth-order valence-corrected chi connectivity index (χ4v) is 1.70. The quantitative estimate of drug-likeness (QED) is 0.364. The number of carbonyl (C=O) groups is 2. The lowest BCUT2D eigenvalue weighted by atomic mass is 10.1. The molecule has 0 aliphatic rings. The molecule has 0 spiro atoms. The van der Waals surface area contributed by atoms with Gasteiger partial charge < -0.3 is 11.1 Å². The van der Waals surface area contributed by atoms with Crippen molar-refractivity contribution in [3.05, 3.63) is 29.8 Å². The molecule has 4 N–H and O–H groups in total. The number of amides is 2. The van der Waals surface area contributed by atoms with Gasteiger partial charge in [-0.3, -0.25) is 14.1 Å². The molecule has 1 unspecified atom stereocenters. The number of nitrogens with zero attached hydrogens (tertiary/aromatic N) is 1. The first kappa shape index (κ1) is 16.1. The predicted molar refractivity (Wildman–Crippen MR) is 72.6 cm³/mol. The summed E-state index contributed by atoms with van der Waals surface area (Å²) in [7, 11) is 1.50. The fourth-order valence-electron chi connectivity index (χ4n) is 1.42. The summed E-state index contributed by atoms with van der Waals surface area (Å²) in [6.45, 7) is 0.286. The van der Waals surface area contributed by atoms with E-state index in [-0.39, 0.29) is 6.54 Å². The van der Waals surface area contributed by atoms with Crippen molar-refractivity contribution in [2.75, 3.05) is 18.7 Å². The van der Waals surface area contributed by atoms with E-state index in [0.29, 0.717) is 12.1 Å². The monoisotopic (exact) mass is 301 g/mol. The van der Waals surface area contributed by atoms with Crippen molar-refractivity contribution in [1.29, 1.82) is 0 Å². The summed E-state index contributed by atoms with van der Waals surface area (Å²) in [6, 6.07) is 6.92. The lowest BCUT2D eigenvalue weighted by molar-refractivity contribution is -0.137. The van der Waals surface area contributed by atoms with Gasteiger partial charge in [0.15, 0.2) is 0 Å². The average molecular weight is 301 g/mol. The highest BCUT2D eigenvalue weighted by Gasteiger charge is 2.07. The molecule has 0 aliphatic heterocycles. The molecule has 1 aromatic rings. The Bertz CT molecular complexity index is 505. The lowest BCUT2D eigenvalue weighted by Crippen LogP contribution is -2.37. The topological polar surface area (TPSA) is 122 Å². The van der Waals surface area contributed by atoms with Crippen molar-refractivity contribution < 1.29 is 22.6 Å². The number of rotatable bonds is 6. The van der Waals surface area contributed by atoms with Gasteiger partial charge in [-0.2, -0.15) is 4.21 Å². The smallest absolute Gasteiger partial charge is 0.325 e.